The second kappa shape index (κ2) is 6.65. The molecule has 0 bridgehead atoms. The highest BCUT2D eigenvalue weighted by molar-refractivity contribution is 5.58. The first-order valence-corrected chi connectivity index (χ1v) is 6.20. The lowest BCUT2D eigenvalue weighted by Crippen LogP contribution is -2.02. The van der Waals surface area contributed by atoms with Crippen LogP contribution in [0.15, 0.2) is 24.5 Å². The van der Waals surface area contributed by atoms with Gasteiger partial charge in [0, 0.05) is 7.05 Å². The normalized spacial score (nSPS) is 9.90. The molecular weight excluding hydrogens is 274 g/mol. The second-order valence-corrected chi connectivity index (χ2v) is 3.90. The van der Waals surface area contributed by atoms with Crippen molar-refractivity contribution < 1.29 is 18.9 Å². The first kappa shape index (κ1) is 14.7. The zero-order valence-electron chi connectivity index (χ0n) is 12.3. The largest absolute Gasteiger partial charge is 0.493 e. The Kier molecular flexibility index (Phi) is 4.65. The van der Waals surface area contributed by atoms with Crippen molar-refractivity contribution >= 4 is 5.82 Å². The summed E-state index contributed by atoms with van der Waals surface area (Å²) in [4.78, 5) is 8.16. The van der Waals surface area contributed by atoms with Gasteiger partial charge in [-0.15, -0.1) is 0 Å². The van der Waals surface area contributed by atoms with Crippen molar-refractivity contribution in [3.63, 3.8) is 0 Å². The maximum atomic E-state index is 5.82. The van der Waals surface area contributed by atoms with Crippen molar-refractivity contribution in [2.45, 2.75) is 0 Å². The number of nitrogens with zero attached hydrogens (tertiary/aromatic N) is 2. The quantitative estimate of drug-likeness (QED) is 0.875. The smallest absolute Gasteiger partial charge is 0.268 e. The maximum Gasteiger partial charge on any atom is 0.268 e. The van der Waals surface area contributed by atoms with Crippen molar-refractivity contribution in [3.05, 3.63) is 24.5 Å². The summed E-state index contributed by atoms with van der Waals surface area (Å²) >= 11 is 0. The number of aromatic nitrogens is 2. The number of nitrogens with one attached hydrogen (secondary N) is 1. The fraction of sp³-hybridized carbons (Fsp3) is 0.286. The van der Waals surface area contributed by atoms with E-state index in [1.54, 1.807) is 39.5 Å². The van der Waals surface area contributed by atoms with E-state index in [0.717, 1.165) is 0 Å². The number of benzene rings is 1. The van der Waals surface area contributed by atoms with Crippen molar-refractivity contribution in [3.8, 4) is 28.9 Å². The monoisotopic (exact) mass is 291 g/mol. The minimum absolute atomic E-state index is 0.264. The van der Waals surface area contributed by atoms with E-state index >= 15 is 0 Å². The van der Waals surface area contributed by atoms with Gasteiger partial charge in [0.05, 0.1) is 21.3 Å². The van der Waals surface area contributed by atoms with Crippen molar-refractivity contribution in [1.82, 2.24) is 9.97 Å². The highest BCUT2D eigenvalue weighted by Crippen LogP contribution is 2.42. The van der Waals surface area contributed by atoms with Crippen LogP contribution in [0.5, 0.6) is 28.9 Å². The number of hydrogen-bond acceptors (Lipinski definition) is 7. The number of ether oxygens (including phenoxy) is 4. The van der Waals surface area contributed by atoms with Crippen LogP contribution in [0.2, 0.25) is 0 Å². The molecule has 1 aromatic carbocycles. The van der Waals surface area contributed by atoms with Crippen LogP contribution in [0, 0.1) is 0 Å². The van der Waals surface area contributed by atoms with Gasteiger partial charge in [-0.1, -0.05) is 6.07 Å². The average molecular weight is 291 g/mol. The first-order valence-electron chi connectivity index (χ1n) is 6.20. The minimum Gasteiger partial charge on any atom is -0.493 e. The summed E-state index contributed by atoms with van der Waals surface area (Å²) in [6.45, 7) is 0. The summed E-state index contributed by atoms with van der Waals surface area (Å²) in [5, 5.41) is 2.91. The molecule has 7 nitrogen and oxygen atoms in total. The minimum atomic E-state index is 0.264. The molecule has 0 fully saturated rings. The van der Waals surface area contributed by atoms with E-state index in [1.165, 1.54) is 13.4 Å². The number of hydrogen-bond donors (Lipinski definition) is 1. The SMILES string of the molecule is CNc1ncnc(Oc2c(OC)cccc2OC)c1OC. The van der Waals surface area contributed by atoms with Gasteiger partial charge >= 0.3 is 0 Å². The highest BCUT2D eigenvalue weighted by atomic mass is 16.6. The molecule has 0 radical (unpaired) electrons. The third kappa shape index (κ3) is 2.91. The zero-order valence-corrected chi connectivity index (χ0v) is 12.3. The molecule has 0 aliphatic carbocycles. The number of rotatable bonds is 6. The summed E-state index contributed by atoms with van der Waals surface area (Å²) in [7, 11) is 6.36. The molecule has 0 saturated carbocycles. The lowest BCUT2D eigenvalue weighted by molar-refractivity contribution is 0.326. The molecule has 0 saturated heterocycles. The maximum absolute atomic E-state index is 5.82. The summed E-state index contributed by atoms with van der Waals surface area (Å²) in [5.41, 5.74) is 0. The van der Waals surface area contributed by atoms with Gasteiger partial charge in [0.25, 0.3) is 5.88 Å². The van der Waals surface area contributed by atoms with E-state index in [2.05, 4.69) is 15.3 Å². The Morgan fingerprint density at radius 2 is 1.57 bits per heavy atom. The summed E-state index contributed by atoms with van der Waals surface area (Å²) in [6.07, 6.45) is 1.38. The molecule has 2 aromatic rings. The number of para-hydroxylation sites is 1. The van der Waals surface area contributed by atoms with Crippen LogP contribution < -0.4 is 24.3 Å². The molecule has 7 heteroatoms. The van der Waals surface area contributed by atoms with Crippen molar-refractivity contribution in [2.24, 2.45) is 0 Å². The average Bonchev–Trinajstić information content (AvgIpc) is 2.54. The Bertz CT molecular complexity index is 597. The van der Waals surface area contributed by atoms with Crippen LogP contribution in [0.25, 0.3) is 0 Å². The van der Waals surface area contributed by atoms with E-state index in [1.807, 2.05) is 0 Å². The van der Waals surface area contributed by atoms with Crippen LogP contribution >= 0.6 is 0 Å². The van der Waals surface area contributed by atoms with Gasteiger partial charge in [0.2, 0.25) is 11.5 Å². The van der Waals surface area contributed by atoms with Gasteiger partial charge in [-0.2, -0.15) is 4.98 Å². The molecule has 0 atom stereocenters. The molecule has 0 aliphatic heterocycles. The van der Waals surface area contributed by atoms with Crippen LogP contribution in [0.4, 0.5) is 5.82 Å². The summed E-state index contributed by atoms with van der Waals surface area (Å²) < 4.78 is 21.7. The molecule has 1 heterocycles. The Balaban J connectivity index is 2.47. The predicted octanol–water partition coefficient (Wildman–Crippen LogP) is 2.34. The van der Waals surface area contributed by atoms with E-state index in [4.69, 9.17) is 18.9 Å². The van der Waals surface area contributed by atoms with Crippen molar-refractivity contribution in [1.29, 1.82) is 0 Å². The molecule has 2 rings (SSSR count). The Hall–Kier alpha value is -2.70. The Morgan fingerprint density at radius 3 is 2.10 bits per heavy atom. The Morgan fingerprint density at radius 1 is 0.905 bits per heavy atom. The van der Waals surface area contributed by atoms with E-state index < -0.39 is 0 Å². The topological polar surface area (TPSA) is 74.7 Å². The molecule has 0 spiro atoms. The van der Waals surface area contributed by atoms with Gasteiger partial charge in [0.1, 0.15) is 6.33 Å². The van der Waals surface area contributed by atoms with Crippen LogP contribution in [-0.2, 0) is 0 Å². The fourth-order valence-corrected chi connectivity index (χ4v) is 1.81. The molecule has 0 unspecified atom stereocenters. The predicted molar refractivity (Wildman–Crippen MR) is 77.8 cm³/mol. The molecule has 0 amide bonds. The van der Waals surface area contributed by atoms with E-state index in [-0.39, 0.29) is 5.88 Å². The van der Waals surface area contributed by atoms with Gasteiger partial charge < -0.3 is 24.3 Å². The molecular formula is C14H17N3O4. The zero-order chi connectivity index (χ0) is 15.2. The van der Waals surface area contributed by atoms with Crippen molar-refractivity contribution in [2.75, 3.05) is 33.7 Å². The Labute approximate surface area is 122 Å². The van der Waals surface area contributed by atoms with E-state index in [9.17, 15) is 0 Å². The highest BCUT2D eigenvalue weighted by Gasteiger charge is 2.18. The standard InChI is InChI=1S/C14H17N3O4/c1-15-13-12(20-4)14(17-8-16-13)21-11-9(18-2)6-5-7-10(11)19-3/h5-8H,1-4H3,(H,15,16,17). The van der Waals surface area contributed by atoms with Crippen LogP contribution in [0.3, 0.4) is 0 Å². The third-order valence-corrected chi connectivity index (χ3v) is 2.79. The lowest BCUT2D eigenvalue weighted by Gasteiger charge is -2.15. The molecule has 112 valence electrons. The van der Waals surface area contributed by atoms with Gasteiger partial charge in [-0.25, -0.2) is 4.98 Å². The third-order valence-electron chi connectivity index (χ3n) is 2.79. The van der Waals surface area contributed by atoms with Gasteiger partial charge in [-0.05, 0) is 12.1 Å². The second-order valence-electron chi connectivity index (χ2n) is 3.90. The number of anilines is 1. The molecule has 1 N–H and O–H groups in total. The number of methoxy groups -OCH3 is 3. The summed E-state index contributed by atoms with van der Waals surface area (Å²) in [5.74, 6) is 2.66. The molecule has 0 aliphatic rings. The van der Waals surface area contributed by atoms with Gasteiger partial charge in [-0.3, -0.25) is 0 Å². The van der Waals surface area contributed by atoms with Gasteiger partial charge in [0.15, 0.2) is 17.3 Å². The fourth-order valence-electron chi connectivity index (χ4n) is 1.81. The van der Waals surface area contributed by atoms with Crippen LogP contribution in [0.1, 0.15) is 0 Å². The summed E-state index contributed by atoms with van der Waals surface area (Å²) in [6, 6.07) is 5.34. The van der Waals surface area contributed by atoms with Crippen LogP contribution in [-0.4, -0.2) is 38.3 Å². The molecule has 21 heavy (non-hydrogen) atoms. The lowest BCUT2D eigenvalue weighted by atomic mass is 10.3. The molecule has 1 aromatic heterocycles. The van der Waals surface area contributed by atoms with E-state index in [0.29, 0.717) is 28.8 Å². The first-order chi connectivity index (χ1) is 10.2.